The van der Waals surface area contributed by atoms with Crippen molar-refractivity contribution in [3.8, 4) is 0 Å². The van der Waals surface area contributed by atoms with Gasteiger partial charge < -0.3 is 11.1 Å². The Balaban J connectivity index is 2.22. The second-order valence-corrected chi connectivity index (χ2v) is 4.60. The lowest BCUT2D eigenvalue weighted by molar-refractivity contribution is 0.102. The average Bonchev–Trinajstić information content (AvgIpc) is 2.68. The van der Waals surface area contributed by atoms with Crippen LogP contribution in [0.5, 0.6) is 0 Å². The van der Waals surface area contributed by atoms with Gasteiger partial charge in [0.25, 0.3) is 5.91 Å². The van der Waals surface area contributed by atoms with Crippen LogP contribution in [0.2, 0.25) is 5.02 Å². The molecule has 0 radical (unpaired) electrons. The van der Waals surface area contributed by atoms with Crippen molar-refractivity contribution in [3.05, 3.63) is 39.6 Å². The zero-order chi connectivity index (χ0) is 12.4. The van der Waals surface area contributed by atoms with E-state index in [-0.39, 0.29) is 17.3 Å². The molecule has 0 aliphatic carbocycles. The van der Waals surface area contributed by atoms with Crippen LogP contribution in [0.4, 0.5) is 11.4 Å². The standard InChI is InChI=1S/C10H8BrClN4O/c11-5-1-2-8(6(12)3-5)15-10(17)9-7(13)4-14-16-9/h1-4H,13H2,(H,14,16)(H,15,17). The Bertz CT molecular complexity index is 569. The molecule has 0 unspecified atom stereocenters. The predicted molar refractivity (Wildman–Crippen MR) is 70.1 cm³/mol. The van der Waals surface area contributed by atoms with Gasteiger partial charge >= 0.3 is 0 Å². The monoisotopic (exact) mass is 314 g/mol. The Morgan fingerprint density at radius 1 is 1.53 bits per heavy atom. The number of benzene rings is 1. The van der Waals surface area contributed by atoms with Crippen molar-refractivity contribution in [3.63, 3.8) is 0 Å². The third kappa shape index (κ3) is 2.59. The zero-order valence-electron chi connectivity index (χ0n) is 8.50. The van der Waals surface area contributed by atoms with E-state index in [1.165, 1.54) is 6.20 Å². The summed E-state index contributed by atoms with van der Waals surface area (Å²) in [5.41, 5.74) is 6.57. The summed E-state index contributed by atoms with van der Waals surface area (Å²) in [5.74, 6) is -0.385. The summed E-state index contributed by atoms with van der Waals surface area (Å²) in [7, 11) is 0. The first-order chi connectivity index (χ1) is 8.08. The molecule has 5 nitrogen and oxygen atoms in total. The summed E-state index contributed by atoms with van der Waals surface area (Å²) in [5, 5.41) is 9.26. The molecular formula is C10H8BrClN4O. The van der Waals surface area contributed by atoms with Crippen LogP contribution in [0.1, 0.15) is 10.5 Å². The summed E-state index contributed by atoms with van der Waals surface area (Å²) in [6.45, 7) is 0. The predicted octanol–water partition coefficient (Wildman–Crippen LogP) is 2.66. The van der Waals surface area contributed by atoms with Gasteiger partial charge in [0.15, 0.2) is 0 Å². The van der Waals surface area contributed by atoms with Gasteiger partial charge in [-0.3, -0.25) is 9.89 Å². The summed E-state index contributed by atoms with van der Waals surface area (Å²) in [4.78, 5) is 11.8. The van der Waals surface area contributed by atoms with Gasteiger partial charge in [-0.1, -0.05) is 27.5 Å². The third-order valence-electron chi connectivity index (χ3n) is 2.08. The van der Waals surface area contributed by atoms with Gasteiger partial charge in [-0.25, -0.2) is 0 Å². The lowest BCUT2D eigenvalue weighted by atomic mass is 10.3. The molecule has 2 rings (SSSR count). The van der Waals surface area contributed by atoms with Crippen molar-refractivity contribution in [2.24, 2.45) is 0 Å². The van der Waals surface area contributed by atoms with Gasteiger partial charge in [-0.15, -0.1) is 0 Å². The Hall–Kier alpha value is -1.53. The quantitative estimate of drug-likeness (QED) is 0.796. The smallest absolute Gasteiger partial charge is 0.275 e. The Labute approximate surface area is 110 Å². The van der Waals surface area contributed by atoms with Crippen LogP contribution in [0, 0.1) is 0 Å². The maximum Gasteiger partial charge on any atom is 0.275 e. The van der Waals surface area contributed by atoms with E-state index in [9.17, 15) is 4.79 Å². The van der Waals surface area contributed by atoms with Gasteiger partial charge in [-0.2, -0.15) is 5.10 Å². The highest BCUT2D eigenvalue weighted by atomic mass is 79.9. The number of amides is 1. The molecule has 0 fully saturated rings. The van der Waals surface area contributed by atoms with E-state index in [2.05, 4.69) is 31.4 Å². The molecule has 17 heavy (non-hydrogen) atoms. The number of anilines is 2. The summed E-state index contributed by atoms with van der Waals surface area (Å²) in [6, 6.07) is 5.15. The molecule has 2 aromatic rings. The number of aromatic amines is 1. The van der Waals surface area contributed by atoms with Gasteiger partial charge in [0.05, 0.1) is 22.6 Å². The SMILES string of the molecule is Nc1cn[nH]c1C(=O)Nc1ccc(Br)cc1Cl. The van der Waals surface area contributed by atoms with Crippen molar-refractivity contribution in [2.45, 2.75) is 0 Å². The highest BCUT2D eigenvalue weighted by molar-refractivity contribution is 9.10. The Morgan fingerprint density at radius 3 is 2.88 bits per heavy atom. The van der Waals surface area contributed by atoms with Crippen molar-refractivity contribution < 1.29 is 4.79 Å². The van der Waals surface area contributed by atoms with Crippen LogP contribution in [-0.4, -0.2) is 16.1 Å². The second-order valence-electron chi connectivity index (χ2n) is 3.28. The fourth-order valence-corrected chi connectivity index (χ4v) is 1.97. The molecule has 0 saturated heterocycles. The molecule has 1 aromatic carbocycles. The summed E-state index contributed by atoms with van der Waals surface area (Å²) < 4.78 is 0.835. The molecule has 4 N–H and O–H groups in total. The van der Waals surface area contributed by atoms with Crippen molar-refractivity contribution in [1.82, 2.24) is 10.2 Å². The van der Waals surface area contributed by atoms with Gasteiger partial charge in [0.2, 0.25) is 0 Å². The van der Waals surface area contributed by atoms with Crippen LogP contribution in [0.25, 0.3) is 0 Å². The third-order valence-corrected chi connectivity index (χ3v) is 2.88. The molecule has 1 heterocycles. The van der Waals surface area contributed by atoms with Crippen LogP contribution >= 0.6 is 27.5 Å². The number of carbonyl (C=O) groups is 1. The fraction of sp³-hybridized carbons (Fsp3) is 0. The van der Waals surface area contributed by atoms with E-state index in [4.69, 9.17) is 17.3 Å². The van der Waals surface area contributed by atoms with E-state index in [1.807, 2.05) is 0 Å². The van der Waals surface area contributed by atoms with E-state index in [0.717, 1.165) is 4.47 Å². The largest absolute Gasteiger partial charge is 0.396 e. The molecule has 1 amide bonds. The number of nitrogen functional groups attached to an aromatic ring is 1. The van der Waals surface area contributed by atoms with Crippen molar-refractivity contribution in [2.75, 3.05) is 11.1 Å². The number of nitrogens with one attached hydrogen (secondary N) is 2. The summed E-state index contributed by atoms with van der Waals surface area (Å²) in [6.07, 6.45) is 1.37. The number of halogens is 2. The van der Waals surface area contributed by atoms with E-state index >= 15 is 0 Å². The van der Waals surface area contributed by atoms with Gasteiger partial charge in [0, 0.05) is 4.47 Å². The Morgan fingerprint density at radius 2 is 2.29 bits per heavy atom. The van der Waals surface area contributed by atoms with Crippen molar-refractivity contribution in [1.29, 1.82) is 0 Å². The molecule has 0 aliphatic heterocycles. The van der Waals surface area contributed by atoms with Crippen molar-refractivity contribution >= 4 is 44.8 Å². The van der Waals surface area contributed by atoms with Crippen LogP contribution in [-0.2, 0) is 0 Å². The fourth-order valence-electron chi connectivity index (χ4n) is 1.25. The van der Waals surface area contributed by atoms with Crippen LogP contribution < -0.4 is 11.1 Å². The minimum absolute atomic E-state index is 0.212. The lowest BCUT2D eigenvalue weighted by Gasteiger charge is -2.06. The number of H-pyrrole nitrogens is 1. The van der Waals surface area contributed by atoms with Crippen LogP contribution in [0.15, 0.2) is 28.9 Å². The van der Waals surface area contributed by atoms with E-state index < -0.39 is 0 Å². The molecule has 0 saturated carbocycles. The topological polar surface area (TPSA) is 83.8 Å². The number of hydrogen-bond acceptors (Lipinski definition) is 3. The zero-order valence-corrected chi connectivity index (χ0v) is 10.8. The summed E-state index contributed by atoms with van der Waals surface area (Å²) >= 11 is 9.25. The normalized spacial score (nSPS) is 10.2. The maximum absolute atomic E-state index is 11.8. The Kier molecular flexibility index (Phi) is 3.35. The highest BCUT2D eigenvalue weighted by Crippen LogP contribution is 2.26. The number of nitrogens with two attached hydrogens (primary N) is 1. The minimum atomic E-state index is -0.385. The van der Waals surface area contributed by atoms with Gasteiger partial charge in [-0.05, 0) is 18.2 Å². The number of carbonyl (C=O) groups excluding carboxylic acids is 1. The molecule has 0 aliphatic rings. The van der Waals surface area contributed by atoms with E-state index in [1.54, 1.807) is 18.2 Å². The lowest BCUT2D eigenvalue weighted by Crippen LogP contribution is -2.14. The first kappa shape index (κ1) is 11.9. The van der Waals surface area contributed by atoms with E-state index in [0.29, 0.717) is 10.7 Å². The molecule has 0 bridgehead atoms. The average molecular weight is 316 g/mol. The molecule has 7 heteroatoms. The van der Waals surface area contributed by atoms with Crippen LogP contribution in [0.3, 0.4) is 0 Å². The molecule has 1 aromatic heterocycles. The second kappa shape index (κ2) is 4.77. The first-order valence-electron chi connectivity index (χ1n) is 4.63. The maximum atomic E-state index is 11.8. The number of hydrogen-bond donors (Lipinski definition) is 3. The molecule has 0 atom stereocenters. The minimum Gasteiger partial charge on any atom is -0.396 e. The van der Waals surface area contributed by atoms with Gasteiger partial charge in [0.1, 0.15) is 5.69 Å². The number of nitrogens with zero attached hydrogens (tertiary/aromatic N) is 1. The molecule has 88 valence electrons. The number of rotatable bonds is 2. The molecule has 0 spiro atoms. The molecular weight excluding hydrogens is 307 g/mol. The highest BCUT2D eigenvalue weighted by Gasteiger charge is 2.13. The number of aromatic nitrogens is 2. The first-order valence-corrected chi connectivity index (χ1v) is 5.80.